The fraction of sp³-hybridized carbons (Fsp3) is 0.353. The lowest BCUT2D eigenvalue weighted by atomic mass is 10.2. The van der Waals surface area contributed by atoms with Crippen molar-refractivity contribution >= 4 is 24.2 Å². The zero-order valence-corrected chi connectivity index (χ0v) is 14.2. The Hall–Kier alpha value is -2.83. The molecule has 0 aliphatic heterocycles. The number of nitrogens with zero attached hydrogens (tertiary/aromatic N) is 1. The first kappa shape index (κ1) is 19.2. The predicted molar refractivity (Wildman–Crippen MR) is 88.7 cm³/mol. The van der Waals surface area contributed by atoms with Crippen molar-refractivity contribution in [2.24, 2.45) is 0 Å². The summed E-state index contributed by atoms with van der Waals surface area (Å²) in [7, 11) is 0. The van der Waals surface area contributed by atoms with Crippen LogP contribution in [0.5, 0.6) is 0 Å². The first-order valence-corrected chi connectivity index (χ1v) is 7.54. The number of nitrogens with one attached hydrogen (secondary N) is 1. The summed E-state index contributed by atoms with van der Waals surface area (Å²) in [5, 5.41) is 0.476. The maximum Gasteiger partial charge on any atom is 0.436 e. The molecule has 1 rings (SSSR count). The third kappa shape index (κ3) is 6.95. The van der Waals surface area contributed by atoms with Crippen LogP contribution >= 0.6 is 0 Å². The Labute approximate surface area is 141 Å². The number of hydrazine groups is 1. The minimum absolute atomic E-state index is 0.400. The van der Waals surface area contributed by atoms with Crippen molar-refractivity contribution in [2.75, 3.05) is 0 Å². The standard InChI is InChI=1S/C17H22N2O5/c1-12(2)23-16(21)18-19(17(22)24-13(3)4)15(20)11-10-14-8-6-5-7-9-14/h5-13H,1-4H3,(H,18,21)/b11-10+. The average Bonchev–Trinajstić information content (AvgIpc) is 2.49. The van der Waals surface area contributed by atoms with E-state index in [9.17, 15) is 14.4 Å². The highest BCUT2D eigenvalue weighted by molar-refractivity contribution is 6.01. The van der Waals surface area contributed by atoms with E-state index in [1.54, 1.807) is 39.8 Å². The molecule has 0 saturated carbocycles. The molecule has 0 aromatic heterocycles. The Morgan fingerprint density at radius 2 is 1.58 bits per heavy atom. The topological polar surface area (TPSA) is 84.9 Å². The molecule has 0 aliphatic carbocycles. The lowest BCUT2D eigenvalue weighted by Gasteiger charge is -2.21. The van der Waals surface area contributed by atoms with E-state index in [1.165, 1.54) is 6.08 Å². The molecule has 24 heavy (non-hydrogen) atoms. The Kier molecular flexibility index (Phi) is 7.48. The highest BCUT2D eigenvalue weighted by atomic mass is 16.6. The second-order valence-corrected chi connectivity index (χ2v) is 5.42. The van der Waals surface area contributed by atoms with Crippen molar-refractivity contribution in [3.8, 4) is 0 Å². The normalized spacial score (nSPS) is 10.8. The zero-order chi connectivity index (χ0) is 18.1. The number of carbonyl (C=O) groups excluding carboxylic acids is 3. The number of imide groups is 1. The molecule has 0 unspecified atom stereocenters. The van der Waals surface area contributed by atoms with Gasteiger partial charge >= 0.3 is 12.2 Å². The van der Waals surface area contributed by atoms with Crippen LogP contribution in [0.2, 0.25) is 0 Å². The van der Waals surface area contributed by atoms with Gasteiger partial charge in [-0.3, -0.25) is 4.79 Å². The van der Waals surface area contributed by atoms with E-state index in [4.69, 9.17) is 9.47 Å². The summed E-state index contributed by atoms with van der Waals surface area (Å²) in [6.45, 7) is 6.56. The molecule has 0 spiro atoms. The monoisotopic (exact) mass is 334 g/mol. The Bertz CT molecular complexity index is 596. The summed E-state index contributed by atoms with van der Waals surface area (Å²) in [5.74, 6) is -0.759. The van der Waals surface area contributed by atoms with Crippen molar-refractivity contribution in [3.05, 3.63) is 42.0 Å². The molecule has 7 heteroatoms. The first-order valence-electron chi connectivity index (χ1n) is 7.54. The fourth-order valence-electron chi connectivity index (χ4n) is 1.58. The van der Waals surface area contributed by atoms with Gasteiger partial charge in [0.15, 0.2) is 0 Å². The van der Waals surface area contributed by atoms with Gasteiger partial charge in [-0.2, -0.15) is 0 Å². The summed E-state index contributed by atoms with van der Waals surface area (Å²) in [5.41, 5.74) is 2.86. The van der Waals surface area contributed by atoms with Gasteiger partial charge in [0.2, 0.25) is 0 Å². The molecule has 0 heterocycles. The van der Waals surface area contributed by atoms with Crippen LogP contribution in [0, 0.1) is 0 Å². The number of hydrogen-bond acceptors (Lipinski definition) is 5. The van der Waals surface area contributed by atoms with Gasteiger partial charge in [0.25, 0.3) is 5.91 Å². The molecule has 0 bridgehead atoms. The molecule has 7 nitrogen and oxygen atoms in total. The number of hydrogen-bond donors (Lipinski definition) is 1. The van der Waals surface area contributed by atoms with Crippen LogP contribution in [0.1, 0.15) is 33.3 Å². The van der Waals surface area contributed by atoms with Crippen molar-refractivity contribution in [3.63, 3.8) is 0 Å². The van der Waals surface area contributed by atoms with Crippen LogP contribution in [0.25, 0.3) is 6.08 Å². The molecular weight excluding hydrogens is 312 g/mol. The van der Waals surface area contributed by atoms with Crippen LogP contribution in [-0.2, 0) is 14.3 Å². The quantitative estimate of drug-likeness (QED) is 0.675. The number of benzene rings is 1. The van der Waals surface area contributed by atoms with Gasteiger partial charge in [-0.1, -0.05) is 30.3 Å². The first-order chi connectivity index (χ1) is 11.3. The summed E-state index contributed by atoms with van der Waals surface area (Å²) < 4.78 is 9.83. The van der Waals surface area contributed by atoms with Gasteiger partial charge in [-0.05, 0) is 39.3 Å². The largest absolute Gasteiger partial charge is 0.446 e. The van der Waals surface area contributed by atoms with Crippen LogP contribution in [0.3, 0.4) is 0 Å². The molecule has 130 valence electrons. The van der Waals surface area contributed by atoms with Crippen LogP contribution in [-0.4, -0.2) is 35.3 Å². The highest BCUT2D eigenvalue weighted by Crippen LogP contribution is 2.04. The predicted octanol–water partition coefficient (Wildman–Crippen LogP) is 3.12. The summed E-state index contributed by atoms with van der Waals surface area (Å²) >= 11 is 0. The maximum absolute atomic E-state index is 12.2. The third-order valence-electron chi connectivity index (χ3n) is 2.50. The highest BCUT2D eigenvalue weighted by Gasteiger charge is 2.25. The minimum atomic E-state index is -0.992. The summed E-state index contributed by atoms with van der Waals surface area (Å²) in [4.78, 5) is 35.9. The fourth-order valence-corrected chi connectivity index (χ4v) is 1.58. The van der Waals surface area contributed by atoms with E-state index in [0.29, 0.717) is 5.01 Å². The minimum Gasteiger partial charge on any atom is -0.446 e. The Morgan fingerprint density at radius 3 is 2.12 bits per heavy atom. The Balaban J connectivity index is 2.86. The molecule has 3 amide bonds. The van der Waals surface area contributed by atoms with Gasteiger partial charge in [0, 0.05) is 6.08 Å². The van der Waals surface area contributed by atoms with Gasteiger partial charge in [-0.25, -0.2) is 15.0 Å². The van der Waals surface area contributed by atoms with Gasteiger partial charge in [0.05, 0.1) is 12.2 Å². The summed E-state index contributed by atoms with van der Waals surface area (Å²) in [6, 6.07) is 9.05. The van der Waals surface area contributed by atoms with E-state index in [2.05, 4.69) is 5.43 Å². The molecular formula is C17H22N2O5. The third-order valence-corrected chi connectivity index (χ3v) is 2.50. The van der Waals surface area contributed by atoms with Gasteiger partial charge in [-0.15, -0.1) is 5.01 Å². The molecule has 1 N–H and O–H groups in total. The van der Waals surface area contributed by atoms with Crippen molar-refractivity contribution < 1.29 is 23.9 Å². The second-order valence-electron chi connectivity index (χ2n) is 5.42. The van der Waals surface area contributed by atoms with Crippen molar-refractivity contribution in [1.82, 2.24) is 10.4 Å². The number of rotatable bonds is 4. The van der Waals surface area contributed by atoms with Crippen LogP contribution in [0.15, 0.2) is 36.4 Å². The van der Waals surface area contributed by atoms with E-state index in [-0.39, 0.29) is 0 Å². The summed E-state index contributed by atoms with van der Waals surface area (Å²) in [6.07, 6.45) is -0.0858. The smallest absolute Gasteiger partial charge is 0.436 e. The molecule has 1 aromatic carbocycles. The zero-order valence-electron chi connectivity index (χ0n) is 14.2. The molecule has 0 fully saturated rings. The van der Waals surface area contributed by atoms with E-state index in [1.807, 2.05) is 18.2 Å². The van der Waals surface area contributed by atoms with Gasteiger partial charge in [0.1, 0.15) is 0 Å². The Morgan fingerprint density at radius 1 is 1.00 bits per heavy atom. The second kappa shape index (κ2) is 9.34. The van der Waals surface area contributed by atoms with Crippen LogP contribution < -0.4 is 5.43 Å². The number of carbonyl (C=O) groups is 3. The lowest BCUT2D eigenvalue weighted by molar-refractivity contribution is -0.127. The molecule has 0 aliphatic rings. The van der Waals surface area contributed by atoms with Crippen LogP contribution in [0.4, 0.5) is 9.59 Å². The number of amides is 3. The van der Waals surface area contributed by atoms with E-state index in [0.717, 1.165) is 11.6 Å². The molecule has 0 saturated heterocycles. The maximum atomic E-state index is 12.2. The average molecular weight is 334 g/mol. The lowest BCUT2D eigenvalue weighted by Crippen LogP contribution is -2.50. The molecule has 0 atom stereocenters. The van der Waals surface area contributed by atoms with E-state index < -0.39 is 30.3 Å². The number of ether oxygens (including phenoxy) is 2. The van der Waals surface area contributed by atoms with E-state index >= 15 is 0 Å². The molecule has 1 aromatic rings. The van der Waals surface area contributed by atoms with Crippen molar-refractivity contribution in [1.29, 1.82) is 0 Å². The van der Waals surface area contributed by atoms with Gasteiger partial charge < -0.3 is 9.47 Å². The van der Waals surface area contributed by atoms with Crippen molar-refractivity contribution in [2.45, 2.75) is 39.9 Å². The SMILES string of the molecule is CC(C)OC(=O)NN(C(=O)/C=C/c1ccccc1)C(=O)OC(C)C. The molecule has 0 radical (unpaired) electrons.